The van der Waals surface area contributed by atoms with E-state index < -0.39 is 0 Å². The van der Waals surface area contributed by atoms with E-state index in [1.165, 1.54) is 0 Å². The highest BCUT2D eigenvalue weighted by Gasteiger charge is 2.19. The molecule has 0 fully saturated rings. The molecule has 0 unspecified atom stereocenters. The van der Waals surface area contributed by atoms with Gasteiger partial charge >= 0.3 is 0 Å². The van der Waals surface area contributed by atoms with E-state index in [2.05, 4.69) is 204 Å². The molecule has 5 heterocycles. The van der Waals surface area contributed by atoms with Crippen molar-refractivity contribution < 1.29 is 0 Å². The van der Waals surface area contributed by atoms with Gasteiger partial charge < -0.3 is 9.97 Å². The second-order valence-corrected chi connectivity index (χ2v) is 15.6. The van der Waals surface area contributed by atoms with Crippen molar-refractivity contribution in [1.29, 1.82) is 0 Å². The molecule has 8 bridgehead atoms. The third-order valence-electron chi connectivity index (χ3n) is 11.5. The Morgan fingerprint density at radius 3 is 0.906 bits per heavy atom. The van der Waals surface area contributed by atoms with Gasteiger partial charge in [0.1, 0.15) is 11.4 Å². The van der Waals surface area contributed by atoms with Gasteiger partial charge in [0, 0.05) is 44.4 Å². The number of hydrogen-bond donors (Lipinski definition) is 2. The van der Waals surface area contributed by atoms with Crippen molar-refractivity contribution in [3.63, 3.8) is 0 Å². The molecule has 0 saturated heterocycles. The summed E-state index contributed by atoms with van der Waals surface area (Å²) in [5.41, 5.74) is 17.7. The van der Waals surface area contributed by atoms with E-state index in [-0.39, 0.29) is 0 Å². The highest BCUT2D eigenvalue weighted by molar-refractivity contribution is 6.16. The van der Waals surface area contributed by atoms with Gasteiger partial charge in [-0.3, -0.25) is 0 Å². The highest BCUT2D eigenvalue weighted by Crippen LogP contribution is 2.38. The first-order valence-corrected chi connectivity index (χ1v) is 21.4. The largest absolute Gasteiger partial charge is 0.353 e. The Labute approximate surface area is 371 Å². The number of rotatable bonds is 8. The molecule has 0 amide bonds. The molecular formula is C58H40N6. The standard InChI is InChI=1S/C58H40N6/c1-7-19-39(20-8-1)53-45-31-35-49(59-45)57(63-55(41-23-11-3-12-24-41)42-25-13-4-14-26-42)51-37-33-47(61-51)54(40-21-9-2-10-22-40)48-34-38-52(62-48)58(50-36-32-46(53)60-50)64-56(43-27-15-5-16-28-43)44-29-17-6-18-30-44/h1-38,59,62H. The van der Waals surface area contributed by atoms with Crippen LogP contribution in [0.4, 0.5) is 11.4 Å². The first kappa shape index (κ1) is 38.2. The molecule has 0 aliphatic carbocycles. The van der Waals surface area contributed by atoms with Crippen molar-refractivity contribution in [2.24, 2.45) is 9.98 Å². The molecule has 3 aromatic heterocycles. The first-order valence-electron chi connectivity index (χ1n) is 21.4. The quantitative estimate of drug-likeness (QED) is 0.150. The number of aromatic amines is 2. The minimum Gasteiger partial charge on any atom is -0.353 e. The molecule has 0 spiro atoms. The Balaban J connectivity index is 1.29. The Bertz CT molecular complexity index is 3120. The van der Waals surface area contributed by atoms with Crippen molar-refractivity contribution in [3.05, 3.63) is 251 Å². The van der Waals surface area contributed by atoms with Crippen LogP contribution in [0.3, 0.4) is 0 Å². The zero-order valence-corrected chi connectivity index (χ0v) is 34.7. The molecule has 64 heavy (non-hydrogen) atoms. The van der Waals surface area contributed by atoms with E-state index >= 15 is 0 Å². The van der Waals surface area contributed by atoms with Crippen molar-refractivity contribution in [3.8, 4) is 22.3 Å². The van der Waals surface area contributed by atoms with Gasteiger partial charge in [-0.25, -0.2) is 20.0 Å². The zero-order valence-electron chi connectivity index (χ0n) is 34.7. The minimum absolute atomic E-state index is 0.717. The number of nitrogens with one attached hydrogen (secondary N) is 2. The van der Waals surface area contributed by atoms with Gasteiger partial charge in [0.15, 0.2) is 0 Å². The Hall–Kier alpha value is -8.74. The van der Waals surface area contributed by atoms with Crippen LogP contribution in [0, 0.1) is 0 Å². The van der Waals surface area contributed by atoms with Crippen molar-refractivity contribution >= 4 is 69.2 Å². The average Bonchev–Trinajstić information content (AvgIpc) is 4.22. The number of aromatic nitrogens is 4. The number of nitrogens with zero attached hydrogens (tertiary/aromatic N) is 4. The number of fused-ring (bicyclic) bond motifs is 8. The highest BCUT2D eigenvalue weighted by atomic mass is 14.9. The van der Waals surface area contributed by atoms with Crippen LogP contribution >= 0.6 is 0 Å². The molecule has 0 radical (unpaired) electrons. The van der Waals surface area contributed by atoms with Crippen molar-refractivity contribution in [2.75, 3.05) is 0 Å². The molecule has 2 N–H and O–H groups in total. The smallest absolute Gasteiger partial charge is 0.113 e. The maximum Gasteiger partial charge on any atom is 0.113 e. The molecule has 6 aromatic carbocycles. The minimum atomic E-state index is 0.717. The molecule has 302 valence electrons. The second-order valence-electron chi connectivity index (χ2n) is 15.6. The lowest BCUT2D eigenvalue weighted by atomic mass is 10.0. The molecule has 0 saturated carbocycles. The summed E-state index contributed by atoms with van der Waals surface area (Å²) in [6, 6.07) is 70.7. The van der Waals surface area contributed by atoms with E-state index in [1.54, 1.807) is 0 Å². The third kappa shape index (κ3) is 7.50. The summed E-state index contributed by atoms with van der Waals surface area (Å²) in [5.74, 6) is 0. The molecule has 11 rings (SSSR count). The third-order valence-corrected chi connectivity index (χ3v) is 11.5. The van der Waals surface area contributed by atoms with Gasteiger partial charge in [-0.05, 0) is 59.7 Å². The Kier molecular flexibility index (Phi) is 10.1. The summed E-state index contributed by atoms with van der Waals surface area (Å²) in [5, 5.41) is 0. The molecule has 2 aliphatic heterocycles. The summed E-state index contributed by atoms with van der Waals surface area (Å²) in [4.78, 5) is 29.7. The molecule has 6 heteroatoms. The summed E-state index contributed by atoms with van der Waals surface area (Å²) in [6.45, 7) is 0. The van der Waals surface area contributed by atoms with Gasteiger partial charge in [-0.1, -0.05) is 182 Å². The molecule has 2 aliphatic rings. The van der Waals surface area contributed by atoms with Crippen LogP contribution in [0.1, 0.15) is 45.0 Å². The number of hydrogen-bond acceptors (Lipinski definition) is 4. The van der Waals surface area contributed by atoms with E-state index in [0.29, 0.717) is 0 Å². The monoisotopic (exact) mass is 820 g/mol. The second kappa shape index (κ2) is 17.0. The lowest BCUT2D eigenvalue weighted by Crippen LogP contribution is -2.03. The Morgan fingerprint density at radius 1 is 0.297 bits per heavy atom. The summed E-state index contributed by atoms with van der Waals surface area (Å²) < 4.78 is 0. The van der Waals surface area contributed by atoms with E-state index in [4.69, 9.17) is 20.0 Å². The van der Waals surface area contributed by atoms with Crippen LogP contribution in [0.25, 0.3) is 68.6 Å². The van der Waals surface area contributed by atoms with E-state index in [9.17, 15) is 0 Å². The number of H-pyrrole nitrogens is 2. The zero-order chi connectivity index (χ0) is 42.7. The van der Waals surface area contributed by atoms with Gasteiger partial charge in [0.25, 0.3) is 0 Å². The van der Waals surface area contributed by atoms with E-state index in [1.807, 2.05) is 36.4 Å². The summed E-state index contributed by atoms with van der Waals surface area (Å²) >= 11 is 0. The van der Waals surface area contributed by atoms with Crippen molar-refractivity contribution in [1.82, 2.24) is 19.9 Å². The fourth-order valence-corrected chi connectivity index (χ4v) is 8.43. The number of aliphatic imine (C=N–C) groups is 2. The summed E-state index contributed by atoms with van der Waals surface area (Å²) in [6.07, 6.45) is 8.34. The molecule has 6 nitrogen and oxygen atoms in total. The predicted octanol–water partition coefficient (Wildman–Crippen LogP) is 14.3. The Morgan fingerprint density at radius 2 is 0.578 bits per heavy atom. The molecule has 0 atom stereocenters. The normalized spacial score (nSPS) is 11.6. The van der Waals surface area contributed by atoms with Gasteiger partial charge in [-0.15, -0.1) is 0 Å². The van der Waals surface area contributed by atoms with Crippen LogP contribution in [-0.2, 0) is 0 Å². The maximum absolute atomic E-state index is 5.56. The fraction of sp³-hybridized carbons (Fsp3) is 0. The van der Waals surface area contributed by atoms with E-state index in [0.717, 1.165) is 112 Å². The first-order chi connectivity index (χ1) is 31.7. The van der Waals surface area contributed by atoms with Crippen LogP contribution in [0.2, 0.25) is 0 Å². The lowest BCUT2D eigenvalue weighted by molar-refractivity contribution is 1.29. The maximum atomic E-state index is 5.56. The van der Waals surface area contributed by atoms with Crippen LogP contribution < -0.4 is 0 Å². The fourth-order valence-electron chi connectivity index (χ4n) is 8.43. The van der Waals surface area contributed by atoms with Crippen LogP contribution in [-0.4, -0.2) is 31.4 Å². The molecular weight excluding hydrogens is 781 g/mol. The number of benzene rings is 6. The van der Waals surface area contributed by atoms with Gasteiger partial charge in [0.2, 0.25) is 0 Å². The molecule has 9 aromatic rings. The predicted molar refractivity (Wildman–Crippen MR) is 266 cm³/mol. The lowest BCUT2D eigenvalue weighted by Gasteiger charge is -2.09. The van der Waals surface area contributed by atoms with Crippen LogP contribution in [0.5, 0.6) is 0 Å². The topological polar surface area (TPSA) is 82.1 Å². The SMILES string of the molecule is C1=Cc2nc1c(N=C(c1ccccc1)c1ccccc1)c1ccc([nH]1)c(-c1ccccc1)c1nc(c(N=C(c3ccccc3)c3ccccc3)c3ccc([nH]3)c2-c2ccccc2)C=C1. The average molecular weight is 821 g/mol. The van der Waals surface area contributed by atoms with Gasteiger partial charge in [-0.2, -0.15) is 0 Å². The van der Waals surface area contributed by atoms with Crippen LogP contribution in [0.15, 0.2) is 216 Å². The summed E-state index contributed by atoms with van der Waals surface area (Å²) in [7, 11) is 0. The van der Waals surface area contributed by atoms with Crippen molar-refractivity contribution in [2.45, 2.75) is 0 Å². The van der Waals surface area contributed by atoms with Gasteiger partial charge in [0.05, 0.1) is 45.2 Å².